The Morgan fingerprint density at radius 3 is 2.71 bits per heavy atom. The van der Waals surface area contributed by atoms with E-state index in [1.54, 1.807) is 12.3 Å². The Bertz CT molecular complexity index is 666. The van der Waals surface area contributed by atoms with Gasteiger partial charge in [-0.2, -0.15) is 5.10 Å². The number of aromatic nitrogens is 3. The molecule has 3 N–H and O–H groups in total. The number of nitrogens with one attached hydrogen (secondary N) is 1. The largest absolute Gasteiger partial charge is 0.350 e. The van der Waals surface area contributed by atoms with E-state index in [2.05, 4.69) is 15.4 Å². The molecule has 0 unspecified atom stereocenters. The molecular weight excluding hydrogens is 266 g/mol. The number of nitrogens with two attached hydrogens (primary N) is 1. The molecule has 0 saturated heterocycles. The molecule has 0 aliphatic rings. The number of hydrogen-bond donors (Lipinski definition) is 2. The third kappa shape index (κ3) is 3.39. The highest BCUT2D eigenvalue weighted by atomic mass is 16.1. The van der Waals surface area contributed by atoms with E-state index in [-0.39, 0.29) is 11.9 Å². The third-order valence-corrected chi connectivity index (χ3v) is 3.13. The van der Waals surface area contributed by atoms with Crippen molar-refractivity contribution in [2.75, 3.05) is 6.54 Å². The summed E-state index contributed by atoms with van der Waals surface area (Å²) in [4.78, 5) is 16.9. The second-order valence-electron chi connectivity index (χ2n) is 6.40. The van der Waals surface area contributed by atoms with Crippen LogP contribution in [-0.4, -0.2) is 32.8 Å². The van der Waals surface area contributed by atoms with Crippen LogP contribution in [0.1, 0.15) is 49.8 Å². The first-order chi connectivity index (χ1) is 9.69. The lowest BCUT2D eigenvalue weighted by atomic mass is 10.1. The maximum Gasteiger partial charge on any atom is 0.252 e. The van der Waals surface area contributed by atoms with Gasteiger partial charge in [0.1, 0.15) is 0 Å². The van der Waals surface area contributed by atoms with Gasteiger partial charge in [-0.1, -0.05) is 0 Å². The number of aryl methyl sites for hydroxylation is 1. The molecule has 0 aliphatic carbocycles. The number of nitrogens with zero attached hydrogens (tertiary/aromatic N) is 3. The van der Waals surface area contributed by atoms with Crippen LogP contribution in [0.4, 0.5) is 0 Å². The van der Waals surface area contributed by atoms with Crippen molar-refractivity contribution in [1.29, 1.82) is 0 Å². The van der Waals surface area contributed by atoms with E-state index in [4.69, 9.17) is 5.73 Å². The Labute approximate surface area is 124 Å². The molecule has 2 aromatic heterocycles. The lowest BCUT2D eigenvalue weighted by Gasteiger charge is -2.19. The summed E-state index contributed by atoms with van der Waals surface area (Å²) in [7, 11) is 0. The number of carbonyl (C=O) groups excluding carboxylic acids is 1. The van der Waals surface area contributed by atoms with E-state index < -0.39 is 5.54 Å². The molecule has 0 aliphatic heterocycles. The van der Waals surface area contributed by atoms with Crippen LogP contribution in [0.25, 0.3) is 11.0 Å². The van der Waals surface area contributed by atoms with Crippen molar-refractivity contribution >= 4 is 16.9 Å². The van der Waals surface area contributed by atoms with Crippen molar-refractivity contribution in [3.05, 3.63) is 23.5 Å². The average molecular weight is 289 g/mol. The lowest BCUT2D eigenvalue weighted by Crippen LogP contribution is -2.45. The summed E-state index contributed by atoms with van der Waals surface area (Å²) in [6.45, 7) is 10.1. The molecule has 6 nitrogen and oxygen atoms in total. The van der Waals surface area contributed by atoms with Crippen LogP contribution in [0, 0.1) is 6.92 Å². The van der Waals surface area contributed by atoms with Crippen LogP contribution in [0.15, 0.2) is 12.3 Å². The first kappa shape index (κ1) is 15.4. The Balaban J connectivity index is 2.42. The van der Waals surface area contributed by atoms with Gasteiger partial charge in [-0.15, -0.1) is 0 Å². The normalized spacial score (nSPS) is 12.1. The maximum absolute atomic E-state index is 12.4. The molecule has 2 rings (SSSR count). The van der Waals surface area contributed by atoms with E-state index in [0.29, 0.717) is 12.1 Å². The molecule has 0 saturated carbocycles. The Morgan fingerprint density at radius 1 is 1.48 bits per heavy atom. The predicted molar refractivity (Wildman–Crippen MR) is 83.2 cm³/mol. The lowest BCUT2D eigenvalue weighted by molar-refractivity contribution is 0.0947. The Kier molecular flexibility index (Phi) is 4.00. The molecule has 1 amide bonds. The standard InChI is InChI=1S/C15H23N5O/c1-9(2)20-13-12(7-18-20)11(6-10(3)19-13)14(21)17-8-15(4,5)16/h6-7,9H,8,16H2,1-5H3,(H,17,21). The van der Waals surface area contributed by atoms with E-state index in [9.17, 15) is 4.79 Å². The fourth-order valence-electron chi connectivity index (χ4n) is 2.11. The van der Waals surface area contributed by atoms with E-state index in [1.807, 2.05) is 39.3 Å². The van der Waals surface area contributed by atoms with Gasteiger partial charge in [-0.25, -0.2) is 9.67 Å². The average Bonchev–Trinajstić information content (AvgIpc) is 2.77. The number of rotatable bonds is 4. The SMILES string of the molecule is Cc1cc(C(=O)NCC(C)(C)N)c2cnn(C(C)C)c2n1. The van der Waals surface area contributed by atoms with Crippen molar-refractivity contribution in [2.45, 2.75) is 46.2 Å². The number of hydrogen-bond acceptors (Lipinski definition) is 4. The van der Waals surface area contributed by atoms with Crippen molar-refractivity contribution in [1.82, 2.24) is 20.1 Å². The summed E-state index contributed by atoms with van der Waals surface area (Å²) >= 11 is 0. The number of amides is 1. The molecule has 2 aromatic rings. The molecule has 0 spiro atoms. The maximum atomic E-state index is 12.4. The van der Waals surface area contributed by atoms with Crippen LogP contribution in [0.5, 0.6) is 0 Å². The van der Waals surface area contributed by atoms with Gasteiger partial charge in [0, 0.05) is 23.8 Å². The van der Waals surface area contributed by atoms with Gasteiger partial charge in [0.15, 0.2) is 5.65 Å². The summed E-state index contributed by atoms with van der Waals surface area (Å²) in [6.07, 6.45) is 1.70. The van der Waals surface area contributed by atoms with Crippen LogP contribution in [-0.2, 0) is 0 Å². The summed E-state index contributed by atoms with van der Waals surface area (Å²) in [5.74, 6) is -0.146. The topological polar surface area (TPSA) is 85.8 Å². The molecule has 0 bridgehead atoms. The fraction of sp³-hybridized carbons (Fsp3) is 0.533. The highest BCUT2D eigenvalue weighted by Crippen LogP contribution is 2.21. The highest BCUT2D eigenvalue weighted by molar-refractivity contribution is 6.05. The van der Waals surface area contributed by atoms with Gasteiger partial charge in [-0.3, -0.25) is 4.79 Å². The zero-order valence-electron chi connectivity index (χ0n) is 13.3. The van der Waals surface area contributed by atoms with E-state index >= 15 is 0 Å². The minimum absolute atomic E-state index is 0.146. The molecule has 2 heterocycles. The van der Waals surface area contributed by atoms with Crippen LogP contribution < -0.4 is 11.1 Å². The summed E-state index contributed by atoms with van der Waals surface area (Å²) in [6, 6.07) is 1.98. The smallest absolute Gasteiger partial charge is 0.252 e. The number of carbonyl (C=O) groups is 1. The molecule has 0 radical (unpaired) electrons. The first-order valence-corrected chi connectivity index (χ1v) is 7.11. The second kappa shape index (κ2) is 5.44. The van der Waals surface area contributed by atoms with Crippen LogP contribution in [0.3, 0.4) is 0 Å². The van der Waals surface area contributed by atoms with Gasteiger partial charge >= 0.3 is 0 Å². The fourth-order valence-corrected chi connectivity index (χ4v) is 2.11. The summed E-state index contributed by atoms with van der Waals surface area (Å²) in [5, 5.41) is 7.97. The quantitative estimate of drug-likeness (QED) is 0.898. The number of pyridine rings is 1. The van der Waals surface area contributed by atoms with Gasteiger partial charge in [0.25, 0.3) is 5.91 Å². The summed E-state index contributed by atoms with van der Waals surface area (Å²) < 4.78 is 1.83. The highest BCUT2D eigenvalue weighted by Gasteiger charge is 2.18. The predicted octanol–water partition coefficient (Wildman–Crippen LogP) is 1.79. The monoisotopic (exact) mass is 289 g/mol. The molecule has 114 valence electrons. The zero-order valence-corrected chi connectivity index (χ0v) is 13.3. The van der Waals surface area contributed by atoms with Crippen molar-refractivity contribution in [3.8, 4) is 0 Å². The Hall–Kier alpha value is -1.95. The minimum Gasteiger partial charge on any atom is -0.350 e. The molecular formula is C15H23N5O. The second-order valence-corrected chi connectivity index (χ2v) is 6.40. The molecule has 0 atom stereocenters. The summed E-state index contributed by atoms with van der Waals surface area (Å²) in [5.41, 5.74) is 7.58. The molecule has 0 fully saturated rings. The first-order valence-electron chi connectivity index (χ1n) is 7.11. The van der Waals surface area contributed by atoms with Crippen molar-refractivity contribution < 1.29 is 4.79 Å². The van der Waals surface area contributed by atoms with Crippen molar-refractivity contribution in [3.63, 3.8) is 0 Å². The Morgan fingerprint density at radius 2 is 2.14 bits per heavy atom. The third-order valence-electron chi connectivity index (χ3n) is 3.13. The van der Waals surface area contributed by atoms with Gasteiger partial charge in [0.05, 0.1) is 17.1 Å². The molecule has 0 aromatic carbocycles. The van der Waals surface area contributed by atoms with Crippen LogP contribution >= 0.6 is 0 Å². The molecule has 6 heteroatoms. The zero-order chi connectivity index (χ0) is 15.8. The minimum atomic E-state index is -0.445. The van der Waals surface area contributed by atoms with Gasteiger partial charge in [0.2, 0.25) is 0 Å². The van der Waals surface area contributed by atoms with Crippen molar-refractivity contribution in [2.24, 2.45) is 5.73 Å². The van der Waals surface area contributed by atoms with Gasteiger partial charge < -0.3 is 11.1 Å². The van der Waals surface area contributed by atoms with E-state index in [1.165, 1.54) is 0 Å². The van der Waals surface area contributed by atoms with E-state index in [0.717, 1.165) is 16.7 Å². The van der Waals surface area contributed by atoms with Gasteiger partial charge in [-0.05, 0) is 40.7 Å². The number of fused-ring (bicyclic) bond motifs is 1. The molecule has 21 heavy (non-hydrogen) atoms. The van der Waals surface area contributed by atoms with Crippen LogP contribution in [0.2, 0.25) is 0 Å².